The number of aliphatic imine (C=N–C) groups is 1. The number of carboxylic acids is 4. The first kappa shape index (κ1) is 88.9. The SMILES string of the molecule is CC(=C\c1ccccc1)/C=C1/SC(=O)N(CC(=O)Nc2ccc(C(=O)O)cc2)C1=O.CN1C(=O)/C(=C/c2ccc(-c3ccc(Cl)cc3)o2)SC1=Nc1ccc(Cl)c(C(=O)O)c1.Cc1ccc(N2C(=N)S/C(=C\c3ccc(-c4ccccc4C(=O)O)o3)C2=O)cc1C.Cc1ccc(NC(=O)CN2C(=O)S/C(=C/c3ccc(-c4cccc(C(=O)O)c4)o3)C2=O)cc1. The van der Waals surface area contributed by atoms with Crippen LogP contribution in [0, 0.1) is 26.2 Å². The van der Waals surface area contributed by atoms with E-state index in [4.69, 9.17) is 52.1 Å². The zero-order valence-electron chi connectivity index (χ0n) is 65.7. The number of amides is 8. The van der Waals surface area contributed by atoms with E-state index in [9.17, 15) is 67.7 Å². The number of hydrogen-bond donors (Lipinski definition) is 7. The van der Waals surface area contributed by atoms with Crippen molar-refractivity contribution >= 4 is 197 Å². The lowest BCUT2D eigenvalue weighted by molar-refractivity contribution is -0.127. The summed E-state index contributed by atoms with van der Waals surface area (Å²) >= 11 is 15.6. The summed E-state index contributed by atoms with van der Waals surface area (Å²) in [6.45, 7) is 6.88. The van der Waals surface area contributed by atoms with Crippen molar-refractivity contribution in [1.29, 1.82) is 5.41 Å². The summed E-state index contributed by atoms with van der Waals surface area (Å²) in [5, 5.41) is 50.3. The molecule has 4 aliphatic rings. The summed E-state index contributed by atoms with van der Waals surface area (Å²) in [7, 11) is 1.60. The number of amidine groups is 2. The number of aryl methyl sites for hydroxylation is 3. The van der Waals surface area contributed by atoms with E-state index in [2.05, 4.69) is 15.6 Å². The van der Waals surface area contributed by atoms with Gasteiger partial charge in [-0.25, -0.2) is 24.2 Å². The molecule has 8 aromatic carbocycles. The second-order valence-electron chi connectivity index (χ2n) is 27.2. The number of rotatable bonds is 20. The maximum atomic E-state index is 12.9. The van der Waals surface area contributed by atoms with Gasteiger partial charge in [0.25, 0.3) is 34.1 Å². The first-order chi connectivity index (χ1) is 59.3. The van der Waals surface area contributed by atoms with Gasteiger partial charge in [0.15, 0.2) is 10.3 Å². The molecule has 15 rings (SSSR count). The molecule has 624 valence electrons. The Balaban J connectivity index is 0.000000151. The molecule has 0 spiro atoms. The minimum atomic E-state index is -1.15. The Kier molecular flexibility index (Phi) is 28.6. The molecule has 4 saturated heterocycles. The number of allylic oxidation sites excluding steroid dienone is 2. The fourth-order valence-corrected chi connectivity index (χ4v) is 15.7. The minimum absolute atomic E-state index is 0.0541. The number of likely N-dealkylation sites (N-methyl/N-ethyl adjacent to an activating group) is 1. The molecule has 124 heavy (non-hydrogen) atoms. The van der Waals surface area contributed by atoms with Crippen LogP contribution >= 0.6 is 70.2 Å². The Morgan fingerprint density at radius 1 is 0.476 bits per heavy atom. The second kappa shape index (κ2) is 39.9. The number of imide groups is 2. The molecule has 0 bridgehead atoms. The minimum Gasteiger partial charge on any atom is -0.478 e. The van der Waals surface area contributed by atoms with Crippen molar-refractivity contribution in [3.05, 3.63) is 328 Å². The van der Waals surface area contributed by atoms with Crippen LogP contribution in [0.25, 0.3) is 58.3 Å². The number of hydrogen-bond acceptors (Lipinski definition) is 21. The molecule has 11 aromatic rings. The van der Waals surface area contributed by atoms with Crippen LogP contribution in [0.4, 0.5) is 32.3 Å². The van der Waals surface area contributed by atoms with Crippen molar-refractivity contribution in [1.82, 2.24) is 14.7 Å². The lowest BCUT2D eigenvalue weighted by Crippen LogP contribution is -2.36. The summed E-state index contributed by atoms with van der Waals surface area (Å²) in [4.78, 5) is 155. The van der Waals surface area contributed by atoms with Crippen molar-refractivity contribution in [2.24, 2.45) is 4.99 Å². The molecule has 0 unspecified atom stereocenters. The van der Waals surface area contributed by atoms with Crippen LogP contribution < -0.4 is 15.5 Å². The van der Waals surface area contributed by atoms with Crippen molar-refractivity contribution in [3.8, 4) is 34.0 Å². The van der Waals surface area contributed by atoms with Crippen molar-refractivity contribution in [3.63, 3.8) is 0 Å². The summed E-state index contributed by atoms with van der Waals surface area (Å²) in [5.74, 6) is -4.27. The lowest BCUT2D eigenvalue weighted by atomic mass is 10.1. The zero-order valence-corrected chi connectivity index (χ0v) is 70.5. The Morgan fingerprint density at radius 2 is 1.01 bits per heavy atom. The monoisotopic (exact) mass is 1770 g/mol. The Hall–Kier alpha value is -14.3. The maximum absolute atomic E-state index is 12.9. The van der Waals surface area contributed by atoms with Gasteiger partial charge in [0.05, 0.1) is 58.3 Å². The average molecular weight is 1780 g/mol. The number of thioether (sulfide) groups is 4. The van der Waals surface area contributed by atoms with Gasteiger partial charge in [-0.2, -0.15) is 0 Å². The highest BCUT2D eigenvalue weighted by Gasteiger charge is 2.39. The molecule has 7 N–H and O–H groups in total. The molecule has 7 heterocycles. The van der Waals surface area contributed by atoms with Gasteiger partial charge in [0.2, 0.25) is 11.8 Å². The number of nitrogens with zero attached hydrogens (tertiary/aromatic N) is 5. The molecule has 4 aliphatic heterocycles. The number of carboxylic acid groups (broad SMARTS) is 4. The third kappa shape index (κ3) is 22.4. The number of nitrogens with one attached hydrogen (secondary N) is 3. The van der Waals surface area contributed by atoms with Gasteiger partial charge in [-0.15, -0.1) is 0 Å². The quantitative estimate of drug-likeness (QED) is 0.0348. The smallest absolute Gasteiger partial charge is 0.337 e. The summed E-state index contributed by atoms with van der Waals surface area (Å²) in [6.07, 6.45) is 8.17. The highest BCUT2D eigenvalue weighted by Crippen LogP contribution is 2.40. The Labute approximate surface area is 733 Å². The predicted molar refractivity (Wildman–Crippen MR) is 479 cm³/mol. The van der Waals surface area contributed by atoms with Crippen LogP contribution in [0.1, 0.15) is 87.9 Å². The van der Waals surface area contributed by atoms with E-state index in [1.807, 2.05) is 113 Å². The number of halogens is 2. The first-order valence-corrected chi connectivity index (χ1v) is 41.0. The van der Waals surface area contributed by atoms with Gasteiger partial charge in [-0.05, 0) is 249 Å². The molecular formula is C91H68Cl2N8O19S4. The van der Waals surface area contributed by atoms with Crippen molar-refractivity contribution in [2.75, 3.05) is 35.7 Å². The third-order valence-corrected chi connectivity index (χ3v) is 22.6. The van der Waals surface area contributed by atoms with Gasteiger partial charge in [0, 0.05) is 58.4 Å². The average Bonchev–Trinajstić information content (AvgIpc) is 1.58. The maximum Gasteiger partial charge on any atom is 0.337 e. The second-order valence-corrected chi connectivity index (χ2v) is 32.1. The zero-order chi connectivity index (χ0) is 88.7. The van der Waals surface area contributed by atoms with E-state index in [0.29, 0.717) is 88.4 Å². The lowest BCUT2D eigenvalue weighted by Gasteiger charge is -2.15. The summed E-state index contributed by atoms with van der Waals surface area (Å²) in [5.41, 5.74) is 9.14. The van der Waals surface area contributed by atoms with E-state index in [0.717, 1.165) is 78.5 Å². The molecule has 0 saturated carbocycles. The van der Waals surface area contributed by atoms with Gasteiger partial charge >= 0.3 is 23.9 Å². The van der Waals surface area contributed by atoms with Gasteiger partial charge in [-0.3, -0.25) is 63.4 Å². The molecule has 27 nitrogen and oxygen atoms in total. The highest BCUT2D eigenvalue weighted by molar-refractivity contribution is 8.19. The molecule has 8 amide bonds. The Bertz CT molecular complexity index is 6350. The van der Waals surface area contributed by atoms with E-state index >= 15 is 0 Å². The van der Waals surface area contributed by atoms with Gasteiger partial charge in [0.1, 0.15) is 47.7 Å². The van der Waals surface area contributed by atoms with E-state index in [-0.39, 0.29) is 54.1 Å². The van der Waals surface area contributed by atoms with E-state index < -0.39 is 71.1 Å². The number of anilines is 3. The van der Waals surface area contributed by atoms with Crippen LogP contribution in [-0.4, -0.2) is 135 Å². The van der Waals surface area contributed by atoms with Gasteiger partial charge in [-0.1, -0.05) is 114 Å². The number of aromatic carboxylic acids is 4. The van der Waals surface area contributed by atoms with Crippen LogP contribution in [0.5, 0.6) is 0 Å². The predicted octanol–water partition coefficient (Wildman–Crippen LogP) is 20.1. The fraction of sp³-hybridized carbons (Fsp3) is 0.0769. The van der Waals surface area contributed by atoms with Crippen molar-refractivity contribution in [2.45, 2.75) is 27.7 Å². The van der Waals surface area contributed by atoms with E-state index in [1.54, 1.807) is 116 Å². The molecule has 33 heteroatoms. The van der Waals surface area contributed by atoms with Crippen LogP contribution in [-0.2, 0) is 28.8 Å². The molecule has 0 radical (unpaired) electrons. The van der Waals surface area contributed by atoms with Crippen LogP contribution in [0.2, 0.25) is 10.0 Å². The number of carbonyl (C=O) groups excluding carboxylic acids is 8. The normalized spacial score (nSPS) is 15.5. The molecule has 0 atom stereocenters. The largest absolute Gasteiger partial charge is 0.478 e. The number of furan rings is 3. The van der Waals surface area contributed by atoms with Crippen LogP contribution in [0.3, 0.4) is 0 Å². The summed E-state index contributed by atoms with van der Waals surface area (Å²) < 4.78 is 17.3. The third-order valence-electron chi connectivity index (χ3n) is 18.3. The van der Waals surface area contributed by atoms with E-state index in [1.165, 1.54) is 82.2 Å². The van der Waals surface area contributed by atoms with Crippen LogP contribution in [0.15, 0.2) is 274 Å². The standard InChI is InChI=1S/C24H18N2O6S.C23H18N2O4S.C22H14Cl2N2O4S.C22H18N2O5S/c1-14-5-7-17(8-6-14)25-21(27)13-26-22(28)20(33-24(26)31)12-18-9-10-19(32-18)15-3-2-4-16(11-15)23(29)30;1-13-7-8-15(11-14(13)2)25-21(26)20(30-23(25)24)12-16-9-10-19(29-16)17-5-3-4-6-18(17)22(27)28;1-26-20(27)19(11-15-7-9-18(30-15)12-2-4-13(23)5-3-12)31-22(26)25-14-6-8-17(24)16(10-14)21(28)29;1-14(11-15-5-3-2-4-6-15)12-18-20(26)24(22(29)30-18)13-19(25)23-17-9-7-16(8-10-17)21(27)28/h2-12H,13H2,1H3,(H,25,27)(H,29,30);3-12,24H,1-2H3,(H,27,28);2-11H,1H3,(H,28,29);2-12H,13H2,1H3,(H,23,25)(H,27,28)/b20-12+;20-12-,24-23?;19-11-,25-22?;14-11+,18-12+. The Morgan fingerprint density at radius 3 is 1.60 bits per heavy atom. The van der Waals surface area contributed by atoms with Gasteiger partial charge < -0.3 is 44.3 Å². The topological polar surface area (TPSA) is 398 Å². The molecular weight excluding hydrogens is 1710 g/mol. The van der Waals surface area contributed by atoms with Crippen molar-refractivity contribution < 1.29 is 91.2 Å². The highest BCUT2D eigenvalue weighted by atomic mass is 35.5. The number of benzene rings is 8. The first-order valence-electron chi connectivity index (χ1n) is 36.9. The molecule has 0 aliphatic carbocycles. The fourth-order valence-electron chi connectivity index (χ4n) is 11.9. The number of carbonyl (C=O) groups is 12. The summed E-state index contributed by atoms with van der Waals surface area (Å²) in [6, 6.07) is 62.6. The molecule has 4 fully saturated rings. The molecule has 3 aromatic heterocycles.